The summed E-state index contributed by atoms with van der Waals surface area (Å²) >= 11 is 0. The number of carbonyl (C=O) groups excluding carboxylic acids is 2. The second kappa shape index (κ2) is 13.1. The standard InChI is InChI=1S/C23H36N4O7/c1-23(2,3)34-19(29)6-9-31-10-11-32-12-13-33-18-15-16(21(24)30)14-17-20(18)27(22(25)26-17)7-4-5-8-28/h4-5,14-15,22,26,28H,6-13,25H2,1-3H3,(H2,24,30)/b5-4+. The first kappa shape index (κ1) is 27.4. The minimum Gasteiger partial charge on any atom is -0.489 e. The summed E-state index contributed by atoms with van der Waals surface area (Å²) in [6.07, 6.45) is 3.06. The van der Waals surface area contributed by atoms with Crippen LogP contribution in [0.5, 0.6) is 5.75 Å². The first-order valence-corrected chi connectivity index (χ1v) is 11.1. The Hall–Kier alpha value is -2.86. The number of carbonyl (C=O) groups is 2. The Balaban J connectivity index is 1.80. The van der Waals surface area contributed by atoms with Crippen molar-refractivity contribution in [1.29, 1.82) is 0 Å². The maximum atomic E-state index is 11.7. The molecular weight excluding hydrogens is 444 g/mol. The van der Waals surface area contributed by atoms with Crippen LogP contribution < -0.4 is 26.4 Å². The molecular formula is C23H36N4O7. The summed E-state index contributed by atoms with van der Waals surface area (Å²) in [7, 11) is 0. The van der Waals surface area contributed by atoms with E-state index in [1.807, 2.05) is 25.7 Å². The number of hydrogen-bond acceptors (Lipinski definition) is 10. The van der Waals surface area contributed by atoms with Crippen LogP contribution in [0, 0.1) is 0 Å². The van der Waals surface area contributed by atoms with Crippen molar-refractivity contribution in [2.24, 2.45) is 11.5 Å². The van der Waals surface area contributed by atoms with Gasteiger partial charge in [-0.3, -0.25) is 15.3 Å². The lowest BCUT2D eigenvalue weighted by atomic mass is 10.1. The van der Waals surface area contributed by atoms with Crippen molar-refractivity contribution in [3.05, 3.63) is 29.8 Å². The lowest BCUT2D eigenvalue weighted by Crippen LogP contribution is -2.43. The van der Waals surface area contributed by atoms with Gasteiger partial charge in [0.05, 0.1) is 45.1 Å². The van der Waals surface area contributed by atoms with E-state index in [0.717, 1.165) is 0 Å². The summed E-state index contributed by atoms with van der Waals surface area (Å²) in [5, 5.41) is 12.1. The van der Waals surface area contributed by atoms with E-state index >= 15 is 0 Å². The number of rotatable bonds is 14. The van der Waals surface area contributed by atoms with Crippen LogP contribution in [0.2, 0.25) is 0 Å². The molecule has 1 atom stereocenters. The number of benzene rings is 1. The maximum Gasteiger partial charge on any atom is 0.308 e. The van der Waals surface area contributed by atoms with Crippen molar-refractivity contribution in [2.75, 3.05) is 56.4 Å². The van der Waals surface area contributed by atoms with Crippen LogP contribution in [0.4, 0.5) is 11.4 Å². The van der Waals surface area contributed by atoms with E-state index in [4.69, 9.17) is 35.5 Å². The van der Waals surface area contributed by atoms with E-state index in [1.165, 1.54) is 0 Å². The average molecular weight is 481 g/mol. The number of amides is 1. The number of aliphatic hydroxyl groups excluding tert-OH is 1. The zero-order valence-corrected chi connectivity index (χ0v) is 20.0. The third kappa shape index (κ3) is 8.82. The van der Waals surface area contributed by atoms with Gasteiger partial charge in [0.15, 0.2) is 6.29 Å². The van der Waals surface area contributed by atoms with E-state index < -0.39 is 17.8 Å². The Bertz CT molecular complexity index is 854. The van der Waals surface area contributed by atoms with Crippen LogP contribution in [-0.4, -0.2) is 75.1 Å². The van der Waals surface area contributed by atoms with E-state index in [0.29, 0.717) is 42.4 Å². The Morgan fingerprint density at radius 1 is 1.12 bits per heavy atom. The minimum absolute atomic E-state index is 0.0740. The number of hydrogen-bond donors (Lipinski definition) is 4. The summed E-state index contributed by atoms with van der Waals surface area (Å²) in [4.78, 5) is 25.2. The smallest absolute Gasteiger partial charge is 0.308 e. The lowest BCUT2D eigenvalue weighted by molar-refractivity contribution is -0.156. The van der Waals surface area contributed by atoms with Gasteiger partial charge in [-0.2, -0.15) is 0 Å². The molecule has 1 aromatic rings. The van der Waals surface area contributed by atoms with E-state index in [2.05, 4.69) is 5.32 Å². The van der Waals surface area contributed by atoms with Crippen LogP contribution in [0.3, 0.4) is 0 Å². The first-order chi connectivity index (χ1) is 16.1. The van der Waals surface area contributed by atoms with Gasteiger partial charge in [0.25, 0.3) is 0 Å². The highest BCUT2D eigenvalue weighted by atomic mass is 16.6. The highest BCUT2D eigenvalue weighted by molar-refractivity contribution is 5.97. The maximum absolute atomic E-state index is 11.7. The molecule has 0 saturated carbocycles. The summed E-state index contributed by atoms with van der Waals surface area (Å²) < 4.78 is 22.0. The summed E-state index contributed by atoms with van der Waals surface area (Å²) in [6, 6.07) is 3.20. The predicted molar refractivity (Wildman–Crippen MR) is 128 cm³/mol. The third-order valence-electron chi connectivity index (χ3n) is 4.59. The van der Waals surface area contributed by atoms with Crippen molar-refractivity contribution < 1.29 is 33.6 Å². The molecule has 2 rings (SSSR count). The fourth-order valence-electron chi connectivity index (χ4n) is 3.19. The predicted octanol–water partition coefficient (Wildman–Crippen LogP) is 0.952. The van der Waals surface area contributed by atoms with Gasteiger partial charge < -0.3 is 40.0 Å². The molecule has 1 unspecified atom stereocenters. The van der Waals surface area contributed by atoms with Gasteiger partial charge in [-0.05, 0) is 32.9 Å². The molecule has 1 aliphatic heterocycles. The number of nitrogens with two attached hydrogens (primary N) is 2. The van der Waals surface area contributed by atoms with Crippen LogP contribution >= 0.6 is 0 Å². The Kier molecular flexibility index (Phi) is 10.6. The topological polar surface area (TPSA) is 159 Å². The molecule has 1 heterocycles. The molecule has 0 saturated heterocycles. The monoisotopic (exact) mass is 480 g/mol. The molecule has 0 aromatic heterocycles. The molecule has 11 nitrogen and oxygen atoms in total. The number of anilines is 2. The molecule has 0 radical (unpaired) electrons. The Morgan fingerprint density at radius 2 is 1.79 bits per heavy atom. The van der Waals surface area contributed by atoms with E-state index in [-0.39, 0.29) is 38.8 Å². The highest BCUT2D eigenvalue weighted by Crippen LogP contribution is 2.42. The zero-order valence-electron chi connectivity index (χ0n) is 20.0. The number of fused-ring (bicyclic) bond motifs is 1. The molecule has 11 heteroatoms. The van der Waals surface area contributed by atoms with Crippen molar-refractivity contribution in [3.63, 3.8) is 0 Å². The molecule has 1 aromatic carbocycles. The van der Waals surface area contributed by atoms with Crippen molar-refractivity contribution in [1.82, 2.24) is 0 Å². The zero-order chi connectivity index (χ0) is 25.1. The molecule has 0 spiro atoms. The summed E-state index contributed by atoms with van der Waals surface area (Å²) in [5.41, 5.74) is 12.7. The van der Waals surface area contributed by atoms with Crippen LogP contribution in [0.25, 0.3) is 0 Å². The van der Waals surface area contributed by atoms with E-state index in [1.54, 1.807) is 24.3 Å². The minimum atomic E-state index is -0.582. The molecule has 1 amide bonds. The quantitative estimate of drug-likeness (QED) is 0.172. The SMILES string of the molecule is CC(C)(C)OC(=O)CCOCCOCCOc1cc(C(N)=O)cc2c1N(C/C=C/CO)C(N)N2. The number of esters is 1. The normalized spacial score (nSPS) is 15.3. The highest BCUT2D eigenvalue weighted by Gasteiger charge is 2.30. The summed E-state index contributed by atoms with van der Waals surface area (Å²) in [6.45, 7) is 7.25. The number of primary amides is 1. The van der Waals surface area contributed by atoms with Gasteiger partial charge in [-0.15, -0.1) is 0 Å². The van der Waals surface area contributed by atoms with Gasteiger partial charge in [-0.25, -0.2) is 0 Å². The van der Waals surface area contributed by atoms with Gasteiger partial charge >= 0.3 is 5.97 Å². The molecule has 0 bridgehead atoms. The number of aliphatic hydroxyl groups is 1. The number of ether oxygens (including phenoxy) is 4. The third-order valence-corrected chi connectivity index (χ3v) is 4.59. The lowest BCUT2D eigenvalue weighted by Gasteiger charge is -2.23. The van der Waals surface area contributed by atoms with Gasteiger partial charge in [0.2, 0.25) is 5.91 Å². The average Bonchev–Trinajstić information content (AvgIpc) is 3.06. The van der Waals surface area contributed by atoms with Gasteiger partial charge in [-0.1, -0.05) is 12.2 Å². The number of nitrogens with one attached hydrogen (secondary N) is 1. The number of nitrogens with zero attached hydrogens (tertiary/aromatic N) is 1. The largest absolute Gasteiger partial charge is 0.489 e. The van der Waals surface area contributed by atoms with Crippen molar-refractivity contribution in [3.8, 4) is 5.75 Å². The first-order valence-electron chi connectivity index (χ1n) is 11.1. The molecule has 34 heavy (non-hydrogen) atoms. The summed E-state index contributed by atoms with van der Waals surface area (Å²) in [5.74, 6) is -0.439. The molecule has 6 N–H and O–H groups in total. The second-order valence-corrected chi connectivity index (χ2v) is 8.54. The molecule has 0 aliphatic carbocycles. The van der Waals surface area contributed by atoms with Gasteiger partial charge in [0.1, 0.15) is 23.6 Å². The van der Waals surface area contributed by atoms with Gasteiger partial charge in [0, 0.05) is 12.1 Å². The van der Waals surface area contributed by atoms with E-state index in [9.17, 15) is 9.59 Å². The van der Waals surface area contributed by atoms with Crippen molar-refractivity contribution >= 4 is 23.3 Å². The molecule has 190 valence electrons. The Morgan fingerprint density at radius 3 is 2.44 bits per heavy atom. The van der Waals surface area contributed by atoms with Crippen LogP contribution in [-0.2, 0) is 19.0 Å². The molecule has 0 fully saturated rings. The van der Waals surface area contributed by atoms with Crippen molar-refractivity contribution in [2.45, 2.75) is 39.1 Å². The molecule has 1 aliphatic rings. The van der Waals surface area contributed by atoms with Crippen LogP contribution in [0.1, 0.15) is 37.6 Å². The van der Waals surface area contributed by atoms with Crippen LogP contribution in [0.15, 0.2) is 24.3 Å². The second-order valence-electron chi connectivity index (χ2n) is 8.54. The fraction of sp³-hybridized carbons (Fsp3) is 0.565. The Labute approximate surface area is 200 Å². The fourth-order valence-corrected chi connectivity index (χ4v) is 3.19.